The lowest BCUT2D eigenvalue weighted by molar-refractivity contribution is 0.426. The lowest BCUT2D eigenvalue weighted by Gasteiger charge is -2.38. The summed E-state index contributed by atoms with van der Waals surface area (Å²) in [5.41, 5.74) is 5.55. The fourth-order valence-electron chi connectivity index (χ4n) is 4.96. The van der Waals surface area contributed by atoms with Crippen molar-refractivity contribution in [3.8, 4) is 0 Å². The maximum absolute atomic E-state index is 14.2. The van der Waals surface area contributed by atoms with E-state index in [9.17, 15) is 8.78 Å². The zero-order valence-corrected chi connectivity index (χ0v) is 18.6. The van der Waals surface area contributed by atoms with E-state index in [1.807, 2.05) is 48.5 Å². The van der Waals surface area contributed by atoms with Crippen LogP contribution in [-0.4, -0.2) is 13.8 Å². The molecule has 0 fully saturated rings. The Morgan fingerprint density at radius 1 is 0.862 bits per heavy atom. The summed E-state index contributed by atoms with van der Waals surface area (Å²) in [4.78, 5) is 3.87. The number of benzene rings is 2. The molecule has 1 unspecified atom stereocenters. The third kappa shape index (κ3) is 3.45. The molecular weight excluding hydrogens is 380 g/mol. The Morgan fingerprint density at radius 3 is 1.93 bits per heavy atom. The largest absolute Gasteiger partial charge is 0.332 e. The summed E-state index contributed by atoms with van der Waals surface area (Å²) in [5.74, 6) is 0. The average Bonchev–Trinajstić information content (AvgIpc) is 3.02. The van der Waals surface area contributed by atoms with Crippen LogP contribution in [0.5, 0.6) is 0 Å². The average molecular weight is 408 g/mol. The van der Waals surface area contributed by atoms with Crippen molar-refractivity contribution in [2.24, 2.45) is 0 Å². The summed E-state index contributed by atoms with van der Waals surface area (Å²) < 4.78 is 28.5. The lowest BCUT2D eigenvalue weighted by atomic mass is 9.92. The molecule has 2 aromatic carbocycles. The highest BCUT2D eigenvalue weighted by Crippen LogP contribution is 2.52. The minimum Gasteiger partial charge on any atom is -0.332 e. The van der Waals surface area contributed by atoms with E-state index in [1.165, 1.54) is 5.57 Å². The van der Waals surface area contributed by atoms with Gasteiger partial charge >= 0.3 is 0 Å². The molecule has 150 valence electrons. The molecule has 0 saturated carbocycles. The zero-order valence-electron chi connectivity index (χ0n) is 17.6. The predicted molar refractivity (Wildman–Crippen MR) is 121 cm³/mol. The van der Waals surface area contributed by atoms with E-state index in [1.54, 1.807) is 0 Å². The molecule has 0 radical (unpaired) electrons. The maximum atomic E-state index is 14.2. The van der Waals surface area contributed by atoms with Gasteiger partial charge in [-0.1, -0.05) is 73.8 Å². The normalized spacial score (nSPS) is 18.3. The number of hydrogen-bond donors (Lipinski definition) is 1. The molecule has 0 aliphatic heterocycles. The standard InChI is InChI=1S/C25H27F2NSi/c1-25(2,3)28-29(4,5)21-15-14-20-16-10-6-7-11-17(16)23(24(26)27)19-13-9-8-12-18(19)22(20)21/h6-15,21,28H,1-5H3. The molecule has 0 saturated heterocycles. The van der Waals surface area contributed by atoms with Crippen LogP contribution in [0.1, 0.15) is 43.0 Å². The highest BCUT2D eigenvalue weighted by atomic mass is 28.3. The van der Waals surface area contributed by atoms with Crippen molar-refractivity contribution in [1.29, 1.82) is 0 Å². The molecule has 1 nitrogen and oxygen atoms in total. The molecule has 29 heavy (non-hydrogen) atoms. The van der Waals surface area contributed by atoms with Gasteiger partial charge in [0.1, 0.15) is 8.24 Å². The van der Waals surface area contributed by atoms with Gasteiger partial charge in [-0.15, -0.1) is 0 Å². The number of rotatable bonds is 2. The van der Waals surface area contributed by atoms with Crippen LogP contribution in [0.25, 0.3) is 16.7 Å². The first-order valence-corrected chi connectivity index (χ1v) is 13.1. The summed E-state index contributed by atoms with van der Waals surface area (Å²) >= 11 is 0. The van der Waals surface area contributed by atoms with Crippen molar-refractivity contribution >= 4 is 25.0 Å². The van der Waals surface area contributed by atoms with Gasteiger partial charge in [0.25, 0.3) is 6.08 Å². The van der Waals surface area contributed by atoms with Gasteiger partial charge in [-0.25, -0.2) is 0 Å². The van der Waals surface area contributed by atoms with E-state index in [0.29, 0.717) is 11.1 Å². The molecule has 0 bridgehead atoms. The fraction of sp³-hybridized carbons (Fsp3) is 0.280. The second-order valence-corrected chi connectivity index (χ2v) is 13.8. The minimum atomic E-state index is -1.97. The van der Waals surface area contributed by atoms with E-state index in [0.717, 1.165) is 16.7 Å². The van der Waals surface area contributed by atoms with Crippen LogP contribution in [0.2, 0.25) is 18.6 Å². The van der Waals surface area contributed by atoms with Crippen LogP contribution in [0.15, 0.2) is 66.8 Å². The van der Waals surface area contributed by atoms with Gasteiger partial charge in [0.05, 0.1) is 5.57 Å². The van der Waals surface area contributed by atoms with Crippen molar-refractivity contribution < 1.29 is 8.78 Å². The summed E-state index contributed by atoms with van der Waals surface area (Å²) in [6.07, 6.45) is 2.80. The minimum absolute atomic E-state index is 0.00879. The molecule has 0 amide bonds. The predicted octanol–water partition coefficient (Wildman–Crippen LogP) is 7.10. The van der Waals surface area contributed by atoms with Crippen molar-refractivity contribution in [2.75, 3.05) is 0 Å². The first kappa shape index (κ1) is 20.0. The second-order valence-electron chi connectivity index (χ2n) is 9.49. The molecule has 1 N–H and O–H groups in total. The maximum Gasteiger partial charge on any atom is 0.278 e. The van der Waals surface area contributed by atoms with Crippen LogP contribution in [0, 0.1) is 0 Å². The summed E-state index contributed by atoms with van der Waals surface area (Å²) in [6.45, 7) is 11.2. The Labute approximate surface area is 172 Å². The van der Waals surface area contributed by atoms with E-state index >= 15 is 0 Å². The number of nitrogens with one attached hydrogen (secondary N) is 1. The summed E-state index contributed by atoms with van der Waals surface area (Å²) in [7, 11) is -1.97. The molecule has 0 aromatic heterocycles. The van der Waals surface area contributed by atoms with Gasteiger partial charge in [-0.05, 0) is 54.2 Å². The summed E-state index contributed by atoms with van der Waals surface area (Å²) in [6, 6.07) is 15.2. The van der Waals surface area contributed by atoms with Gasteiger partial charge in [0, 0.05) is 11.1 Å². The number of fused-ring (bicyclic) bond motifs is 4. The molecule has 2 aliphatic rings. The molecule has 0 heterocycles. The Balaban J connectivity index is 2.02. The molecule has 2 aliphatic carbocycles. The SMILES string of the molecule is CC(C)(C)N[Si](C)(C)C1C=CC2=C1c1ccccc1C(=C(F)F)c1ccccc12. The zero-order chi connectivity index (χ0) is 21.0. The molecule has 2 aromatic rings. The molecule has 1 atom stereocenters. The monoisotopic (exact) mass is 407 g/mol. The summed E-state index contributed by atoms with van der Waals surface area (Å²) in [5, 5.41) is 0. The first-order chi connectivity index (χ1) is 13.6. The quantitative estimate of drug-likeness (QED) is 0.524. The van der Waals surface area contributed by atoms with Crippen molar-refractivity contribution in [3.63, 3.8) is 0 Å². The van der Waals surface area contributed by atoms with Gasteiger partial charge in [-0.3, -0.25) is 0 Å². The van der Waals surface area contributed by atoms with E-state index in [2.05, 4.69) is 51.0 Å². The third-order valence-corrected chi connectivity index (χ3v) is 9.12. The van der Waals surface area contributed by atoms with Gasteiger partial charge < -0.3 is 4.98 Å². The first-order valence-electron chi connectivity index (χ1n) is 10.1. The molecule has 4 heteroatoms. The Hall–Kier alpha value is -2.30. The van der Waals surface area contributed by atoms with Crippen molar-refractivity contribution in [3.05, 3.63) is 89.0 Å². The lowest BCUT2D eigenvalue weighted by Crippen LogP contribution is -2.56. The van der Waals surface area contributed by atoms with E-state index in [-0.39, 0.29) is 16.7 Å². The highest BCUT2D eigenvalue weighted by molar-refractivity contribution is 6.79. The van der Waals surface area contributed by atoms with Crippen LogP contribution in [0.4, 0.5) is 8.78 Å². The van der Waals surface area contributed by atoms with Crippen molar-refractivity contribution in [1.82, 2.24) is 4.98 Å². The number of allylic oxidation sites excluding steroid dienone is 4. The highest BCUT2D eigenvalue weighted by Gasteiger charge is 2.41. The molecule has 4 rings (SSSR count). The van der Waals surface area contributed by atoms with Gasteiger partial charge in [0.2, 0.25) is 0 Å². The molecular formula is C25H27F2NSi. The topological polar surface area (TPSA) is 12.0 Å². The van der Waals surface area contributed by atoms with E-state index < -0.39 is 14.3 Å². The molecule has 0 spiro atoms. The Morgan fingerprint density at radius 2 is 1.38 bits per heavy atom. The van der Waals surface area contributed by atoms with Crippen LogP contribution in [0.3, 0.4) is 0 Å². The van der Waals surface area contributed by atoms with Crippen molar-refractivity contribution in [2.45, 2.75) is 44.9 Å². The van der Waals surface area contributed by atoms with Crippen LogP contribution in [-0.2, 0) is 0 Å². The Kier molecular flexibility index (Phi) is 4.75. The van der Waals surface area contributed by atoms with E-state index in [4.69, 9.17) is 0 Å². The van der Waals surface area contributed by atoms with Crippen LogP contribution >= 0.6 is 0 Å². The Bertz CT molecular complexity index is 1070. The third-order valence-electron chi connectivity index (χ3n) is 5.69. The smallest absolute Gasteiger partial charge is 0.278 e. The van der Waals surface area contributed by atoms with Gasteiger partial charge in [0.15, 0.2) is 0 Å². The number of hydrogen-bond acceptors (Lipinski definition) is 1. The fourth-order valence-corrected chi connectivity index (χ4v) is 8.66. The second kappa shape index (κ2) is 6.89. The van der Waals surface area contributed by atoms with Crippen LogP contribution < -0.4 is 4.98 Å². The van der Waals surface area contributed by atoms with Gasteiger partial charge in [-0.2, -0.15) is 8.78 Å². The number of halogens is 2.